The number of hydrogen-bond donors (Lipinski definition) is 3. The SMILES string of the molecule is O=C1CC(C(O)O)C(=O)N1. The Morgan fingerprint density at radius 2 is 2.10 bits per heavy atom. The van der Waals surface area contributed by atoms with Gasteiger partial charge in [-0.25, -0.2) is 0 Å². The van der Waals surface area contributed by atoms with Gasteiger partial charge in [-0.05, 0) is 0 Å². The average molecular weight is 145 g/mol. The summed E-state index contributed by atoms with van der Waals surface area (Å²) in [5.41, 5.74) is 0. The highest BCUT2D eigenvalue weighted by Crippen LogP contribution is 2.12. The standard InChI is InChI=1S/C5H7NO4/c7-3-1-2(5(9)10)4(8)6-3/h2,5,9-10H,1H2,(H,6,7,8). The molecule has 0 aliphatic carbocycles. The van der Waals surface area contributed by atoms with E-state index in [0.29, 0.717) is 0 Å². The van der Waals surface area contributed by atoms with Gasteiger partial charge in [0.15, 0.2) is 6.29 Å². The van der Waals surface area contributed by atoms with Crippen LogP contribution in [0.5, 0.6) is 0 Å². The van der Waals surface area contributed by atoms with E-state index >= 15 is 0 Å². The third-order valence-corrected chi connectivity index (χ3v) is 1.36. The van der Waals surface area contributed by atoms with Gasteiger partial charge >= 0.3 is 0 Å². The molecule has 0 aromatic rings. The van der Waals surface area contributed by atoms with Crippen LogP contribution in [0.3, 0.4) is 0 Å². The fourth-order valence-corrected chi connectivity index (χ4v) is 0.814. The lowest BCUT2D eigenvalue weighted by Gasteiger charge is -2.05. The highest BCUT2D eigenvalue weighted by atomic mass is 16.5. The maximum Gasteiger partial charge on any atom is 0.235 e. The number of amides is 2. The van der Waals surface area contributed by atoms with Gasteiger partial charge < -0.3 is 10.2 Å². The molecular formula is C5H7NO4. The van der Waals surface area contributed by atoms with Crippen LogP contribution in [0, 0.1) is 5.92 Å². The zero-order valence-electron chi connectivity index (χ0n) is 5.07. The highest BCUT2D eigenvalue weighted by molar-refractivity contribution is 6.03. The van der Waals surface area contributed by atoms with Crippen LogP contribution < -0.4 is 5.32 Å². The minimum absolute atomic E-state index is 0.128. The van der Waals surface area contributed by atoms with Crippen LogP contribution in [0.25, 0.3) is 0 Å². The van der Waals surface area contributed by atoms with Crippen molar-refractivity contribution in [1.82, 2.24) is 5.32 Å². The van der Waals surface area contributed by atoms with Crippen LogP contribution in [-0.2, 0) is 9.59 Å². The molecule has 3 N–H and O–H groups in total. The molecule has 1 heterocycles. The predicted octanol–water partition coefficient (Wildman–Crippen LogP) is -2.04. The summed E-state index contributed by atoms with van der Waals surface area (Å²) >= 11 is 0. The Kier molecular flexibility index (Phi) is 1.69. The van der Waals surface area contributed by atoms with Crippen molar-refractivity contribution in [2.24, 2.45) is 5.92 Å². The number of carbonyl (C=O) groups excluding carboxylic acids is 2. The maximum absolute atomic E-state index is 10.6. The Morgan fingerprint density at radius 3 is 2.30 bits per heavy atom. The molecule has 0 aromatic heterocycles. The second-order valence-corrected chi connectivity index (χ2v) is 2.14. The molecule has 0 bridgehead atoms. The molecule has 0 saturated carbocycles. The number of hydrogen-bond acceptors (Lipinski definition) is 4. The molecule has 1 aliphatic rings. The number of rotatable bonds is 1. The Bertz CT molecular complexity index is 176. The molecule has 1 unspecified atom stereocenters. The van der Waals surface area contributed by atoms with Crippen molar-refractivity contribution in [3.8, 4) is 0 Å². The van der Waals surface area contributed by atoms with Crippen molar-refractivity contribution in [1.29, 1.82) is 0 Å². The summed E-state index contributed by atoms with van der Waals surface area (Å²) in [5.74, 6) is -2.05. The van der Waals surface area contributed by atoms with Crippen molar-refractivity contribution in [2.45, 2.75) is 12.7 Å². The smallest absolute Gasteiger partial charge is 0.235 e. The van der Waals surface area contributed by atoms with Gasteiger partial charge in [0, 0.05) is 6.42 Å². The molecule has 0 radical (unpaired) electrons. The number of nitrogens with one attached hydrogen (secondary N) is 1. The van der Waals surface area contributed by atoms with Crippen molar-refractivity contribution < 1.29 is 19.8 Å². The summed E-state index contributed by atoms with van der Waals surface area (Å²) < 4.78 is 0. The Labute approximate surface area is 56.7 Å². The zero-order chi connectivity index (χ0) is 7.72. The second-order valence-electron chi connectivity index (χ2n) is 2.14. The summed E-state index contributed by atoms with van der Waals surface area (Å²) in [6, 6.07) is 0. The van der Waals surface area contributed by atoms with Crippen molar-refractivity contribution in [3.63, 3.8) is 0 Å². The fourth-order valence-electron chi connectivity index (χ4n) is 0.814. The third kappa shape index (κ3) is 1.14. The molecule has 2 amide bonds. The highest BCUT2D eigenvalue weighted by Gasteiger charge is 2.34. The average Bonchev–Trinajstić information content (AvgIpc) is 2.10. The van der Waals surface area contributed by atoms with Gasteiger partial charge in [0.1, 0.15) is 0 Å². The predicted molar refractivity (Wildman–Crippen MR) is 29.5 cm³/mol. The van der Waals surface area contributed by atoms with Crippen LogP contribution in [0.15, 0.2) is 0 Å². The van der Waals surface area contributed by atoms with Crippen LogP contribution in [0.1, 0.15) is 6.42 Å². The van der Waals surface area contributed by atoms with Crippen molar-refractivity contribution in [2.75, 3.05) is 0 Å². The molecule has 56 valence electrons. The van der Waals surface area contributed by atoms with Gasteiger partial charge in [0.2, 0.25) is 11.8 Å². The fraction of sp³-hybridized carbons (Fsp3) is 0.600. The molecular weight excluding hydrogens is 138 g/mol. The summed E-state index contributed by atoms with van der Waals surface area (Å²) in [6.07, 6.45) is -1.86. The summed E-state index contributed by atoms with van der Waals surface area (Å²) in [4.78, 5) is 21.0. The quantitative estimate of drug-likeness (QED) is 0.293. The van der Waals surface area contributed by atoms with E-state index in [0.717, 1.165) is 0 Å². The molecule has 1 fully saturated rings. The van der Waals surface area contributed by atoms with Gasteiger partial charge in [-0.3, -0.25) is 14.9 Å². The van der Waals surface area contributed by atoms with E-state index in [9.17, 15) is 9.59 Å². The normalized spacial score (nSPS) is 25.7. The van der Waals surface area contributed by atoms with Crippen molar-refractivity contribution >= 4 is 11.8 Å². The lowest BCUT2D eigenvalue weighted by molar-refractivity contribution is -0.137. The molecule has 0 spiro atoms. The number of aliphatic hydroxyl groups excluding tert-OH is 1. The zero-order valence-corrected chi connectivity index (χ0v) is 5.07. The number of carbonyl (C=O) groups is 2. The summed E-state index contributed by atoms with van der Waals surface area (Å²) in [7, 11) is 0. The van der Waals surface area contributed by atoms with Crippen LogP contribution in [0.4, 0.5) is 0 Å². The number of imide groups is 1. The first-order chi connectivity index (χ1) is 4.61. The van der Waals surface area contributed by atoms with Crippen LogP contribution in [-0.4, -0.2) is 28.3 Å². The lowest BCUT2D eigenvalue weighted by Crippen LogP contribution is -2.28. The van der Waals surface area contributed by atoms with E-state index in [4.69, 9.17) is 10.2 Å². The first kappa shape index (κ1) is 7.17. The second kappa shape index (κ2) is 2.36. The van der Waals surface area contributed by atoms with Gasteiger partial charge in [-0.1, -0.05) is 0 Å². The summed E-state index contributed by atoms with van der Waals surface area (Å²) in [5, 5.41) is 18.9. The van der Waals surface area contributed by atoms with E-state index in [-0.39, 0.29) is 6.42 Å². The van der Waals surface area contributed by atoms with E-state index in [1.54, 1.807) is 0 Å². The van der Waals surface area contributed by atoms with Gasteiger partial charge in [0.05, 0.1) is 5.92 Å². The molecule has 10 heavy (non-hydrogen) atoms. The topological polar surface area (TPSA) is 86.6 Å². The van der Waals surface area contributed by atoms with Gasteiger partial charge in [-0.15, -0.1) is 0 Å². The molecule has 1 aliphatic heterocycles. The van der Waals surface area contributed by atoms with Crippen LogP contribution in [0.2, 0.25) is 0 Å². The molecule has 5 heteroatoms. The van der Waals surface area contributed by atoms with E-state index < -0.39 is 24.0 Å². The van der Waals surface area contributed by atoms with Gasteiger partial charge in [0.25, 0.3) is 0 Å². The third-order valence-electron chi connectivity index (χ3n) is 1.36. The first-order valence-corrected chi connectivity index (χ1v) is 2.81. The van der Waals surface area contributed by atoms with E-state index in [1.165, 1.54) is 0 Å². The Balaban J connectivity index is 2.63. The minimum atomic E-state index is -1.73. The monoisotopic (exact) mass is 145 g/mol. The van der Waals surface area contributed by atoms with Crippen molar-refractivity contribution in [3.05, 3.63) is 0 Å². The molecule has 1 atom stereocenters. The molecule has 0 aromatic carbocycles. The molecule has 5 nitrogen and oxygen atoms in total. The Hall–Kier alpha value is -0.940. The Morgan fingerprint density at radius 1 is 1.50 bits per heavy atom. The largest absolute Gasteiger partial charge is 0.367 e. The van der Waals surface area contributed by atoms with E-state index in [1.807, 2.05) is 5.32 Å². The number of aliphatic hydroxyl groups is 2. The van der Waals surface area contributed by atoms with E-state index in [2.05, 4.69) is 0 Å². The minimum Gasteiger partial charge on any atom is -0.367 e. The van der Waals surface area contributed by atoms with Crippen LogP contribution >= 0.6 is 0 Å². The first-order valence-electron chi connectivity index (χ1n) is 2.81. The summed E-state index contributed by atoms with van der Waals surface area (Å²) in [6.45, 7) is 0. The lowest BCUT2D eigenvalue weighted by atomic mass is 10.1. The maximum atomic E-state index is 10.6. The molecule has 1 rings (SSSR count). The molecule has 1 saturated heterocycles. The van der Waals surface area contributed by atoms with Gasteiger partial charge in [-0.2, -0.15) is 0 Å².